The number of amides is 1. The van der Waals surface area contributed by atoms with Gasteiger partial charge in [-0.15, -0.1) is 10.2 Å². The second kappa shape index (κ2) is 6.92. The smallest absolute Gasteiger partial charge is 0.254 e. The summed E-state index contributed by atoms with van der Waals surface area (Å²) in [6, 6.07) is 9.40. The number of halogens is 2. The van der Waals surface area contributed by atoms with Crippen LogP contribution >= 0.6 is 11.6 Å². The van der Waals surface area contributed by atoms with Gasteiger partial charge in [0.1, 0.15) is 5.82 Å². The highest BCUT2D eigenvalue weighted by Crippen LogP contribution is 2.19. The van der Waals surface area contributed by atoms with E-state index in [-0.39, 0.29) is 5.91 Å². The van der Waals surface area contributed by atoms with E-state index in [0.717, 1.165) is 18.6 Å². The topological polar surface area (TPSA) is 53.7 Å². The van der Waals surface area contributed by atoms with Crippen LogP contribution in [0, 0.1) is 5.82 Å². The van der Waals surface area contributed by atoms with E-state index in [0.29, 0.717) is 36.2 Å². The number of carbonyl (C=O) groups is 1. The van der Waals surface area contributed by atoms with Crippen molar-refractivity contribution in [2.24, 2.45) is 0 Å². The van der Waals surface area contributed by atoms with Gasteiger partial charge in [-0.3, -0.25) is 9.20 Å². The first-order valence-corrected chi connectivity index (χ1v) is 8.80. The molecule has 134 valence electrons. The minimum Gasteiger partial charge on any atom is -0.339 e. The van der Waals surface area contributed by atoms with Crippen molar-refractivity contribution in [3.05, 3.63) is 59.0 Å². The third kappa shape index (κ3) is 3.22. The normalized spacial score (nSPS) is 15.3. The first-order chi connectivity index (χ1) is 12.6. The number of pyridine rings is 1. The van der Waals surface area contributed by atoms with Crippen molar-refractivity contribution in [3.63, 3.8) is 0 Å². The van der Waals surface area contributed by atoms with Crippen LogP contribution < -0.4 is 4.90 Å². The van der Waals surface area contributed by atoms with Gasteiger partial charge in [0.25, 0.3) is 5.91 Å². The zero-order valence-electron chi connectivity index (χ0n) is 14.0. The highest BCUT2D eigenvalue weighted by molar-refractivity contribution is 6.30. The van der Waals surface area contributed by atoms with Gasteiger partial charge in [-0.1, -0.05) is 17.7 Å². The largest absolute Gasteiger partial charge is 0.339 e. The molecule has 1 fully saturated rings. The fraction of sp³-hybridized carbons (Fsp3) is 0.278. The number of nitrogens with zero attached hydrogens (tertiary/aromatic N) is 5. The van der Waals surface area contributed by atoms with E-state index in [1.54, 1.807) is 29.3 Å². The van der Waals surface area contributed by atoms with Gasteiger partial charge in [-0.05, 0) is 36.8 Å². The fourth-order valence-electron chi connectivity index (χ4n) is 3.19. The molecule has 26 heavy (non-hydrogen) atoms. The maximum Gasteiger partial charge on any atom is 0.254 e. The van der Waals surface area contributed by atoms with Crippen molar-refractivity contribution >= 4 is 29.1 Å². The van der Waals surface area contributed by atoms with E-state index >= 15 is 0 Å². The van der Waals surface area contributed by atoms with Crippen LogP contribution in [0.2, 0.25) is 5.02 Å². The predicted molar refractivity (Wildman–Crippen MR) is 97.1 cm³/mol. The molecule has 4 rings (SSSR count). The van der Waals surface area contributed by atoms with E-state index in [4.69, 9.17) is 11.6 Å². The second-order valence-electron chi connectivity index (χ2n) is 6.22. The molecule has 1 saturated heterocycles. The Labute approximate surface area is 154 Å². The van der Waals surface area contributed by atoms with Crippen molar-refractivity contribution in [1.82, 2.24) is 19.5 Å². The monoisotopic (exact) mass is 373 g/mol. The molecule has 8 heteroatoms. The molecule has 0 radical (unpaired) electrons. The average Bonchev–Trinajstić information content (AvgIpc) is 2.89. The Morgan fingerprint density at radius 1 is 1.08 bits per heavy atom. The van der Waals surface area contributed by atoms with Gasteiger partial charge in [0.05, 0.1) is 5.02 Å². The summed E-state index contributed by atoms with van der Waals surface area (Å²) in [5, 5.41) is 9.04. The number of fused-ring (bicyclic) bond motifs is 1. The maximum absolute atomic E-state index is 13.4. The highest BCUT2D eigenvalue weighted by atomic mass is 35.5. The summed E-state index contributed by atoms with van der Waals surface area (Å²) in [6.07, 6.45) is 2.57. The lowest BCUT2D eigenvalue weighted by Crippen LogP contribution is -2.35. The highest BCUT2D eigenvalue weighted by Gasteiger charge is 2.23. The lowest BCUT2D eigenvalue weighted by Gasteiger charge is -2.22. The van der Waals surface area contributed by atoms with E-state index in [1.165, 1.54) is 12.1 Å². The molecule has 6 nitrogen and oxygen atoms in total. The molecular formula is C18H17ClFN5O. The Hall–Kier alpha value is -2.67. The van der Waals surface area contributed by atoms with Crippen LogP contribution in [0.5, 0.6) is 0 Å². The van der Waals surface area contributed by atoms with Gasteiger partial charge in [0.15, 0.2) is 5.65 Å². The number of carbonyl (C=O) groups excluding carboxylic acids is 1. The number of benzene rings is 1. The zero-order chi connectivity index (χ0) is 18.1. The van der Waals surface area contributed by atoms with Crippen molar-refractivity contribution in [2.45, 2.75) is 6.42 Å². The molecule has 3 aromatic rings. The second-order valence-corrected chi connectivity index (χ2v) is 6.66. The number of hydrogen-bond acceptors (Lipinski definition) is 4. The first kappa shape index (κ1) is 16.8. The molecule has 2 aromatic heterocycles. The summed E-state index contributed by atoms with van der Waals surface area (Å²) >= 11 is 6.09. The first-order valence-electron chi connectivity index (χ1n) is 8.42. The third-order valence-corrected chi connectivity index (χ3v) is 4.71. The standard InChI is InChI=1S/C18H17ClFN5O/c19-14-5-6-16-21-22-18(25(16)12-14)24-8-2-7-23(9-10-24)17(26)13-3-1-4-15(20)11-13/h1,3-6,11-12H,2,7-10H2. The molecule has 1 aliphatic rings. The van der Waals surface area contributed by atoms with Crippen molar-refractivity contribution in [2.75, 3.05) is 31.1 Å². The van der Waals surface area contributed by atoms with E-state index in [1.807, 2.05) is 10.5 Å². The molecule has 0 aliphatic carbocycles. The average molecular weight is 374 g/mol. The Morgan fingerprint density at radius 2 is 1.96 bits per heavy atom. The molecule has 0 unspecified atom stereocenters. The Morgan fingerprint density at radius 3 is 2.81 bits per heavy atom. The quantitative estimate of drug-likeness (QED) is 0.693. The molecule has 1 amide bonds. The Kier molecular flexibility index (Phi) is 4.46. The molecule has 1 aliphatic heterocycles. The van der Waals surface area contributed by atoms with Crippen LogP contribution in [0.15, 0.2) is 42.6 Å². The molecule has 3 heterocycles. The van der Waals surface area contributed by atoms with E-state index in [9.17, 15) is 9.18 Å². The summed E-state index contributed by atoms with van der Waals surface area (Å²) in [5.41, 5.74) is 1.10. The summed E-state index contributed by atoms with van der Waals surface area (Å²) in [4.78, 5) is 16.5. The molecule has 0 atom stereocenters. The van der Waals surface area contributed by atoms with Crippen LogP contribution in [0.3, 0.4) is 0 Å². The molecule has 0 saturated carbocycles. The number of aromatic nitrogens is 3. The molecular weight excluding hydrogens is 357 g/mol. The van der Waals surface area contributed by atoms with Gasteiger partial charge < -0.3 is 9.80 Å². The number of hydrogen-bond donors (Lipinski definition) is 0. The van der Waals surface area contributed by atoms with Crippen LogP contribution in [0.1, 0.15) is 16.8 Å². The third-order valence-electron chi connectivity index (χ3n) is 4.49. The maximum atomic E-state index is 13.4. The fourth-order valence-corrected chi connectivity index (χ4v) is 3.35. The SMILES string of the molecule is O=C(c1cccc(F)c1)N1CCCN(c2nnc3ccc(Cl)cn23)CC1. The minimum absolute atomic E-state index is 0.152. The summed E-state index contributed by atoms with van der Waals surface area (Å²) < 4.78 is 15.2. The molecule has 0 spiro atoms. The summed E-state index contributed by atoms with van der Waals surface area (Å²) in [5.74, 6) is 0.155. The van der Waals surface area contributed by atoms with E-state index < -0.39 is 5.82 Å². The van der Waals surface area contributed by atoms with Gasteiger partial charge >= 0.3 is 0 Å². The van der Waals surface area contributed by atoms with E-state index in [2.05, 4.69) is 15.1 Å². The zero-order valence-corrected chi connectivity index (χ0v) is 14.7. The van der Waals surface area contributed by atoms with Crippen molar-refractivity contribution in [3.8, 4) is 0 Å². The van der Waals surface area contributed by atoms with Gasteiger partial charge in [-0.25, -0.2) is 4.39 Å². The van der Waals surface area contributed by atoms with Gasteiger partial charge in [0.2, 0.25) is 5.95 Å². The molecule has 0 N–H and O–H groups in total. The minimum atomic E-state index is -0.404. The number of anilines is 1. The summed E-state index contributed by atoms with van der Waals surface area (Å²) in [7, 11) is 0. The van der Waals surface area contributed by atoms with Gasteiger partial charge in [0, 0.05) is 37.9 Å². The Bertz CT molecular complexity index is 960. The number of rotatable bonds is 2. The molecule has 1 aromatic carbocycles. The summed E-state index contributed by atoms with van der Waals surface area (Å²) in [6.45, 7) is 2.52. The lowest BCUT2D eigenvalue weighted by atomic mass is 10.2. The van der Waals surface area contributed by atoms with Crippen molar-refractivity contribution in [1.29, 1.82) is 0 Å². The van der Waals surface area contributed by atoms with Crippen LogP contribution in [0.25, 0.3) is 5.65 Å². The molecule has 0 bridgehead atoms. The van der Waals surface area contributed by atoms with Crippen molar-refractivity contribution < 1.29 is 9.18 Å². The Balaban J connectivity index is 1.53. The van der Waals surface area contributed by atoms with Crippen LogP contribution in [0.4, 0.5) is 10.3 Å². The van der Waals surface area contributed by atoms with Crippen LogP contribution in [-0.2, 0) is 0 Å². The van der Waals surface area contributed by atoms with Gasteiger partial charge in [-0.2, -0.15) is 0 Å². The predicted octanol–water partition coefficient (Wildman–Crippen LogP) is 2.87. The lowest BCUT2D eigenvalue weighted by molar-refractivity contribution is 0.0766. The van der Waals surface area contributed by atoms with Crippen LogP contribution in [-0.4, -0.2) is 51.6 Å².